The number of halogens is 4. The lowest BCUT2D eigenvalue weighted by atomic mass is 9.95. The fraction of sp³-hybridized carbons (Fsp3) is 0.294. The van der Waals surface area contributed by atoms with Crippen LogP contribution in [0.2, 0.25) is 5.02 Å². The number of carbonyl (C=O) groups excluding carboxylic acids is 1. The second kappa shape index (κ2) is 6.49. The van der Waals surface area contributed by atoms with E-state index in [9.17, 15) is 18.0 Å². The Labute approximate surface area is 155 Å². The van der Waals surface area contributed by atoms with Gasteiger partial charge < -0.3 is 9.32 Å². The van der Waals surface area contributed by atoms with Crippen molar-refractivity contribution in [3.05, 3.63) is 52.2 Å². The third-order valence-corrected chi connectivity index (χ3v) is 4.85. The minimum atomic E-state index is -2.80. The molecule has 0 atom stereocenters. The van der Waals surface area contributed by atoms with Gasteiger partial charge in [-0.1, -0.05) is 22.8 Å². The van der Waals surface area contributed by atoms with E-state index in [1.807, 2.05) is 0 Å². The van der Waals surface area contributed by atoms with Crippen LogP contribution in [-0.4, -0.2) is 26.2 Å². The molecular formula is C17H12ClF3N4O2. The van der Waals surface area contributed by atoms with E-state index in [-0.39, 0.29) is 23.2 Å². The van der Waals surface area contributed by atoms with E-state index in [1.54, 1.807) is 6.07 Å². The molecule has 1 aromatic carbocycles. The molecule has 3 aromatic rings. The number of nitrogens with zero attached hydrogens (tertiary/aromatic N) is 4. The largest absolute Gasteiger partial charge is 0.332 e. The highest BCUT2D eigenvalue weighted by atomic mass is 35.5. The highest BCUT2D eigenvalue weighted by molar-refractivity contribution is 6.31. The van der Waals surface area contributed by atoms with E-state index in [1.165, 1.54) is 12.1 Å². The van der Waals surface area contributed by atoms with Gasteiger partial charge >= 0.3 is 0 Å². The van der Waals surface area contributed by atoms with Gasteiger partial charge in [0.2, 0.25) is 0 Å². The molecule has 6 nitrogen and oxygen atoms in total. The van der Waals surface area contributed by atoms with Gasteiger partial charge in [-0.3, -0.25) is 4.68 Å². The van der Waals surface area contributed by atoms with Crippen molar-refractivity contribution in [2.24, 2.45) is 0 Å². The van der Waals surface area contributed by atoms with E-state index in [2.05, 4.69) is 15.2 Å². The van der Waals surface area contributed by atoms with Gasteiger partial charge in [-0.15, -0.1) is 0 Å². The Balaban J connectivity index is 1.73. The first-order valence-corrected chi connectivity index (χ1v) is 8.42. The zero-order chi connectivity index (χ0) is 19.2. The normalized spacial score (nSPS) is 15.3. The smallest absolute Gasteiger partial charge is 0.282 e. The van der Waals surface area contributed by atoms with Gasteiger partial charge in [-0.2, -0.15) is 10.1 Å². The standard InChI is InChI=1S/C17H12ClF3N4O2/c18-11-7-9(19)1-2-10(11)17(3-4-17)16-22-15(27-24-16)13-8-12(14(20)21)23-25(13)5-6-26/h1-2,6-8,14H,3-5H2. The molecule has 0 bridgehead atoms. The van der Waals surface area contributed by atoms with E-state index in [0.717, 1.165) is 10.7 Å². The molecule has 0 amide bonds. The highest BCUT2D eigenvalue weighted by Gasteiger charge is 2.51. The number of alkyl halides is 2. The molecule has 0 radical (unpaired) electrons. The van der Waals surface area contributed by atoms with Crippen molar-refractivity contribution in [2.45, 2.75) is 31.2 Å². The average Bonchev–Trinajstić information content (AvgIpc) is 3.07. The van der Waals surface area contributed by atoms with Crippen LogP contribution in [0, 0.1) is 5.82 Å². The molecule has 2 aromatic heterocycles. The molecule has 0 aliphatic heterocycles. The zero-order valence-corrected chi connectivity index (χ0v) is 14.5. The fourth-order valence-electron chi connectivity index (χ4n) is 3.06. The Morgan fingerprint density at radius 1 is 1.33 bits per heavy atom. The van der Waals surface area contributed by atoms with Gasteiger partial charge in [0.05, 0.1) is 12.0 Å². The van der Waals surface area contributed by atoms with E-state index in [4.69, 9.17) is 16.1 Å². The van der Waals surface area contributed by atoms with Crippen molar-refractivity contribution < 1.29 is 22.5 Å². The molecular weight excluding hydrogens is 385 g/mol. The molecule has 0 unspecified atom stereocenters. The maximum absolute atomic E-state index is 13.3. The summed E-state index contributed by atoms with van der Waals surface area (Å²) in [5.41, 5.74) is -0.299. The van der Waals surface area contributed by atoms with Crippen LogP contribution in [0.4, 0.5) is 13.2 Å². The summed E-state index contributed by atoms with van der Waals surface area (Å²) in [5, 5.41) is 7.91. The van der Waals surface area contributed by atoms with Gasteiger partial charge in [-0.25, -0.2) is 13.2 Å². The predicted molar refractivity (Wildman–Crippen MR) is 88.0 cm³/mol. The van der Waals surface area contributed by atoms with Crippen LogP contribution in [0.15, 0.2) is 28.8 Å². The van der Waals surface area contributed by atoms with Crippen LogP contribution in [0.25, 0.3) is 11.6 Å². The molecule has 0 N–H and O–H groups in total. The third-order valence-electron chi connectivity index (χ3n) is 4.54. The molecule has 0 saturated heterocycles. The number of hydrogen-bond acceptors (Lipinski definition) is 5. The Kier molecular flexibility index (Phi) is 4.26. The summed E-state index contributed by atoms with van der Waals surface area (Å²) < 4.78 is 45.5. The van der Waals surface area contributed by atoms with Gasteiger partial charge in [0.15, 0.2) is 5.82 Å². The summed E-state index contributed by atoms with van der Waals surface area (Å²) in [5.74, 6) is -0.162. The lowest BCUT2D eigenvalue weighted by Crippen LogP contribution is -2.12. The number of aldehydes is 1. The SMILES string of the molecule is O=CCn1nc(C(F)F)cc1-c1nc(C2(c3ccc(F)cc3Cl)CC2)no1. The molecule has 0 spiro atoms. The maximum atomic E-state index is 13.3. The summed E-state index contributed by atoms with van der Waals surface area (Å²) in [4.78, 5) is 15.1. The lowest BCUT2D eigenvalue weighted by Gasteiger charge is -2.12. The quantitative estimate of drug-likeness (QED) is 0.590. The Morgan fingerprint density at radius 3 is 2.74 bits per heavy atom. The number of carbonyl (C=O) groups is 1. The first kappa shape index (κ1) is 17.7. The van der Waals surface area contributed by atoms with Crippen molar-refractivity contribution in [1.29, 1.82) is 0 Å². The third kappa shape index (κ3) is 3.01. The maximum Gasteiger partial charge on any atom is 0.282 e. The summed E-state index contributed by atoms with van der Waals surface area (Å²) >= 11 is 6.17. The molecule has 1 aliphatic rings. The average molecular weight is 397 g/mol. The molecule has 27 heavy (non-hydrogen) atoms. The minimum Gasteiger partial charge on any atom is -0.332 e. The first-order chi connectivity index (χ1) is 12.9. The molecule has 10 heteroatoms. The lowest BCUT2D eigenvalue weighted by molar-refractivity contribution is -0.108. The van der Waals surface area contributed by atoms with Gasteiger partial charge in [0.1, 0.15) is 23.5 Å². The van der Waals surface area contributed by atoms with Crippen LogP contribution in [0.5, 0.6) is 0 Å². The van der Waals surface area contributed by atoms with Crippen LogP contribution in [-0.2, 0) is 16.8 Å². The minimum absolute atomic E-state index is 0.0317. The molecule has 1 aliphatic carbocycles. The Morgan fingerprint density at radius 2 is 2.11 bits per heavy atom. The number of hydrogen-bond donors (Lipinski definition) is 0. The number of aromatic nitrogens is 4. The molecule has 4 rings (SSSR count). The fourth-order valence-corrected chi connectivity index (χ4v) is 3.41. The molecule has 2 heterocycles. The van der Waals surface area contributed by atoms with Crippen LogP contribution >= 0.6 is 11.6 Å². The van der Waals surface area contributed by atoms with Crippen molar-refractivity contribution in [2.75, 3.05) is 0 Å². The predicted octanol–water partition coefficient (Wildman–Crippen LogP) is 3.94. The molecule has 1 fully saturated rings. The monoisotopic (exact) mass is 396 g/mol. The second-order valence-electron chi connectivity index (χ2n) is 6.23. The van der Waals surface area contributed by atoms with E-state index in [0.29, 0.717) is 30.5 Å². The van der Waals surface area contributed by atoms with Crippen molar-refractivity contribution >= 4 is 17.9 Å². The summed E-state index contributed by atoms with van der Waals surface area (Å²) in [6.07, 6.45) is -0.892. The van der Waals surface area contributed by atoms with E-state index < -0.39 is 23.4 Å². The first-order valence-electron chi connectivity index (χ1n) is 8.04. The van der Waals surface area contributed by atoms with Crippen molar-refractivity contribution in [3.63, 3.8) is 0 Å². The highest BCUT2D eigenvalue weighted by Crippen LogP contribution is 2.54. The summed E-state index contributed by atoms with van der Waals surface area (Å²) in [6.45, 7) is -0.227. The van der Waals surface area contributed by atoms with Crippen molar-refractivity contribution in [3.8, 4) is 11.6 Å². The zero-order valence-electron chi connectivity index (χ0n) is 13.7. The van der Waals surface area contributed by atoms with Crippen LogP contribution in [0.1, 0.15) is 36.3 Å². The Hall–Kier alpha value is -2.68. The number of benzene rings is 1. The summed E-state index contributed by atoms with van der Waals surface area (Å²) in [6, 6.07) is 5.20. The molecule has 1 saturated carbocycles. The molecule has 140 valence electrons. The van der Waals surface area contributed by atoms with Crippen LogP contribution < -0.4 is 0 Å². The topological polar surface area (TPSA) is 73.8 Å². The van der Waals surface area contributed by atoms with Crippen molar-refractivity contribution in [1.82, 2.24) is 19.9 Å². The Bertz CT molecular complexity index is 1010. The summed E-state index contributed by atoms with van der Waals surface area (Å²) in [7, 11) is 0. The number of rotatable bonds is 6. The second-order valence-corrected chi connectivity index (χ2v) is 6.64. The van der Waals surface area contributed by atoms with Crippen LogP contribution in [0.3, 0.4) is 0 Å². The van der Waals surface area contributed by atoms with Gasteiger partial charge in [-0.05, 0) is 36.6 Å². The van der Waals surface area contributed by atoms with E-state index >= 15 is 0 Å². The van der Waals surface area contributed by atoms with Gasteiger partial charge in [0, 0.05) is 5.02 Å². The van der Waals surface area contributed by atoms with Gasteiger partial charge in [0.25, 0.3) is 12.3 Å².